The van der Waals surface area contributed by atoms with Gasteiger partial charge in [-0.3, -0.25) is 0 Å². The third-order valence-electron chi connectivity index (χ3n) is 5.14. The average Bonchev–Trinajstić information content (AvgIpc) is 3.20. The van der Waals surface area contributed by atoms with E-state index < -0.39 is 0 Å². The number of carbonyl (C=O) groups excluding carboxylic acids is 1. The van der Waals surface area contributed by atoms with Crippen molar-refractivity contribution in [3.63, 3.8) is 0 Å². The molecule has 0 unspecified atom stereocenters. The minimum Gasteiger partial charge on any atom is -0.441 e. The molecule has 3 fully saturated rings. The lowest BCUT2D eigenvalue weighted by atomic mass is 9.91. The third-order valence-corrected chi connectivity index (χ3v) is 5.14. The quantitative estimate of drug-likeness (QED) is 0.893. The van der Waals surface area contributed by atoms with Gasteiger partial charge in [0.15, 0.2) is 0 Å². The summed E-state index contributed by atoms with van der Waals surface area (Å²) in [4.78, 5) is 13.7. The number of rotatable bonds is 2. The minimum absolute atomic E-state index is 0.293. The molecule has 2 aliphatic heterocycles. The molecular formula is C15H18N6O2. The van der Waals surface area contributed by atoms with Crippen molar-refractivity contribution in [3.8, 4) is 0 Å². The van der Waals surface area contributed by atoms with Crippen molar-refractivity contribution in [2.45, 2.75) is 37.2 Å². The van der Waals surface area contributed by atoms with Crippen LogP contribution in [0, 0.1) is 0 Å². The van der Waals surface area contributed by atoms with Gasteiger partial charge in [-0.1, -0.05) is 0 Å². The fourth-order valence-corrected chi connectivity index (χ4v) is 3.58. The summed E-state index contributed by atoms with van der Waals surface area (Å²) in [6, 6.07) is 2.17. The summed E-state index contributed by atoms with van der Waals surface area (Å²) in [5.74, 6) is 0.580. The van der Waals surface area contributed by atoms with Crippen LogP contribution in [0.2, 0.25) is 0 Å². The summed E-state index contributed by atoms with van der Waals surface area (Å²) in [7, 11) is 0. The Kier molecular flexibility index (Phi) is 2.60. The number of aromatic nitrogens is 4. The second-order valence-corrected chi connectivity index (χ2v) is 6.74. The highest BCUT2D eigenvalue weighted by molar-refractivity contribution is 5.71. The van der Waals surface area contributed by atoms with Gasteiger partial charge in [-0.2, -0.15) is 9.61 Å². The van der Waals surface area contributed by atoms with E-state index in [9.17, 15) is 4.79 Å². The molecule has 0 aromatic carbocycles. The van der Waals surface area contributed by atoms with Crippen LogP contribution in [0.15, 0.2) is 12.4 Å². The van der Waals surface area contributed by atoms with Crippen LogP contribution in [0.1, 0.15) is 37.3 Å². The molecule has 23 heavy (non-hydrogen) atoms. The minimum atomic E-state index is -0.329. The third kappa shape index (κ3) is 2.12. The lowest BCUT2D eigenvalue weighted by molar-refractivity contribution is 0.0367. The molecule has 1 aliphatic carbocycles. The smallest absolute Gasteiger partial charge is 0.407 e. The van der Waals surface area contributed by atoms with E-state index in [-0.39, 0.29) is 11.7 Å². The zero-order valence-corrected chi connectivity index (χ0v) is 12.7. The zero-order chi connectivity index (χ0) is 15.4. The summed E-state index contributed by atoms with van der Waals surface area (Å²) in [5.41, 5.74) is 2.68. The molecule has 2 saturated heterocycles. The molecule has 3 aliphatic rings. The van der Waals surface area contributed by atoms with Crippen LogP contribution in [-0.2, 0) is 4.74 Å². The largest absolute Gasteiger partial charge is 0.441 e. The number of hydrogen-bond donors (Lipinski definition) is 1. The number of amides is 1. The van der Waals surface area contributed by atoms with Gasteiger partial charge in [-0.25, -0.2) is 4.79 Å². The normalized spacial score (nSPS) is 23.3. The molecule has 120 valence electrons. The summed E-state index contributed by atoms with van der Waals surface area (Å²) < 4.78 is 7.28. The first-order valence-electron chi connectivity index (χ1n) is 8.15. The van der Waals surface area contributed by atoms with Gasteiger partial charge in [-0.05, 0) is 18.9 Å². The highest BCUT2D eigenvalue weighted by atomic mass is 16.6. The standard InChI is InChI=1S/C15H18N6O2/c22-14-16-8-15(23-14)3-5-20(6-4-15)12-7-11(10-1-2-10)19-21-9-17-18-13(12)21/h7,9-10H,1-6,8H2,(H,16,22). The molecule has 5 rings (SSSR count). The van der Waals surface area contributed by atoms with Gasteiger partial charge in [0.05, 0.1) is 17.9 Å². The van der Waals surface area contributed by atoms with Gasteiger partial charge in [0.2, 0.25) is 5.65 Å². The van der Waals surface area contributed by atoms with Crippen LogP contribution < -0.4 is 10.2 Å². The van der Waals surface area contributed by atoms with Crippen LogP contribution in [0.25, 0.3) is 5.65 Å². The summed E-state index contributed by atoms with van der Waals surface area (Å²) in [6.45, 7) is 2.29. The predicted octanol–water partition coefficient (Wildman–Crippen LogP) is 1.08. The number of alkyl carbamates (subject to hydrolysis) is 1. The van der Waals surface area contributed by atoms with E-state index in [0.717, 1.165) is 43.0 Å². The van der Waals surface area contributed by atoms with Crippen LogP contribution in [0.5, 0.6) is 0 Å². The molecule has 2 aromatic rings. The van der Waals surface area contributed by atoms with Crippen LogP contribution in [0.3, 0.4) is 0 Å². The van der Waals surface area contributed by atoms with Crippen molar-refractivity contribution in [3.05, 3.63) is 18.1 Å². The first kappa shape index (κ1) is 13.1. The maximum Gasteiger partial charge on any atom is 0.407 e. The summed E-state index contributed by atoms with van der Waals surface area (Å²) in [6.07, 6.45) is 5.45. The Bertz CT molecular complexity index is 775. The van der Waals surface area contributed by atoms with E-state index >= 15 is 0 Å². The van der Waals surface area contributed by atoms with Crippen molar-refractivity contribution < 1.29 is 9.53 Å². The average molecular weight is 314 g/mol. The molecule has 0 bridgehead atoms. The van der Waals surface area contributed by atoms with Crippen molar-refractivity contribution in [1.29, 1.82) is 0 Å². The fourth-order valence-electron chi connectivity index (χ4n) is 3.58. The Morgan fingerprint density at radius 3 is 2.83 bits per heavy atom. The topological polar surface area (TPSA) is 84.7 Å². The molecule has 8 nitrogen and oxygen atoms in total. The van der Waals surface area contributed by atoms with Crippen molar-refractivity contribution in [2.24, 2.45) is 0 Å². The Morgan fingerprint density at radius 2 is 2.13 bits per heavy atom. The Labute approximate surface area is 132 Å². The fraction of sp³-hybridized carbons (Fsp3) is 0.600. The molecule has 4 heterocycles. The highest BCUT2D eigenvalue weighted by Crippen LogP contribution is 2.41. The molecule has 1 N–H and O–H groups in total. The molecule has 1 spiro atoms. The number of hydrogen-bond acceptors (Lipinski definition) is 6. The first-order valence-corrected chi connectivity index (χ1v) is 8.15. The van der Waals surface area contributed by atoms with E-state index in [2.05, 4.69) is 31.6 Å². The van der Waals surface area contributed by atoms with E-state index in [4.69, 9.17) is 4.74 Å². The number of carbonyl (C=O) groups is 1. The summed E-state index contributed by atoms with van der Waals surface area (Å²) >= 11 is 0. The van der Waals surface area contributed by atoms with E-state index in [0.29, 0.717) is 12.5 Å². The van der Waals surface area contributed by atoms with Crippen LogP contribution >= 0.6 is 0 Å². The van der Waals surface area contributed by atoms with Gasteiger partial charge in [0, 0.05) is 31.8 Å². The number of piperidine rings is 1. The van der Waals surface area contributed by atoms with Gasteiger partial charge in [0.25, 0.3) is 0 Å². The van der Waals surface area contributed by atoms with Gasteiger partial charge in [0.1, 0.15) is 11.9 Å². The number of nitrogens with one attached hydrogen (secondary N) is 1. The van der Waals surface area contributed by atoms with Crippen molar-refractivity contribution in [2.75, 3.05) is 24.5 Å². The Balaban J connectivity index is 1.45. The highest BCUT2D eigenvalue weighted by Gasteiger charge is 2.43. The van der Waals surface area contributed by atoms with Gasteiger partial charge >= 0.3 is 6.09 Å². The number of anilines is 1. The second-order valence-electron chi connectivity index (χ2n) is 6.74. The second kappa shape index (κ2) is 4.56. The Hall–Kier alpha value is -2.38. The van der Waals surface area contributed by atoms with Crippen LogP contribution in [-0.4, -0.2) is 51.1 Å². The molecule has 1 amide bonds. The van der Waals surface area contributed by atoms with Crippen LogP contribution in [0.4, 0.5) is 10.5 Å². The number of fused-ring (bicyclic) bond motifs is 1. The Morgan fingerprint density at radius 1 is 1.30 bits per heavy atom. The van der Waals surface area contributed by atoms with Crippen molar-refractivity contribution >= 4 is 17.4 Å². The molecule has 0 atom stereocenters. The molecule has 2 aromatic heterocycles. The molecule has 0 radical (unpaired) electrons. The summed E-state index contributed by atoms with van der Waals surface area (Å²) in [5, 5.41) is 15.6. The predicted molar refractivity (Wildman–Crippen MR) is 81.4 cm³/mol. The lowest BCUT2D eigenvalue weighted by Crippen LogP contribution is -2.46. The monoisotopic (exact) mass is 314 g/mol. The maximum absolute atomic E-state index is 11.4. The van der Waals surface area contributed by atoms with Gasteiger partial charge in [-0.15, -0.1) is 10.2 Å². The maximum atomic E-state index is 11.4. The van der Waals surface area contributed by atoms with E-state index in [1.54, 1.807) is 10.8 Å². The van der Waals surface area contributed by atoms with E-state index in [1.165, 1.54) is 12.8 Å². The first-order chi connectivity index (χ1) is 11.2. The molecular weight excluding hydrogens is 296 g/mol. The number of nitrogens with zero attached hydrogens (tertiary/aromatic N) is 5. The SMILES string of the molecule is O=C1NCC2(CCN(c3cc(C4CC4)nn4cnnc34)CC2)O1. The molecule has 1 saturated carbocycles. The van der Waals surface area contributed by atoms with E-state index in [1.807, 2.05) is 0 Å². The lowest BCUT2D eigenvalue weighted by Gasteiger charge is -2.38. The molecule has 8 heteroatoms. The van der Waals surface area contributed by atoms with Crippen molar-refractivity contribution in [1.82, 2.24) is 25.1 Å². The van der Waals surface area contributed by atoms with Gasteiger partial charge < -0.3 is 15.0 Å². The number of ether oxygens (including phenoxy) is 1. The zero-order valence-electron chi connectivity index (χ0n) is 12.7.